The summed E-state index contributed by atoms with van der Waals surface area (Å²) < 4.78 is 0. The average molecular weight is 156 g/mol. The molecule has 2 aliphatic heterocycles. The van der Waals surface area contributed by atoms with E-state index in [1.165, 1.54) is 27.7 Å². The highest BCUT2D eigenvalue weighted by atomic mass is 32.2. The van der Waals surface area contributed by atoms with Gasteiger partial charge in [0.2, 0.25) is 0 Å². The van der Waals surface area contributed by atoms with Gasteiger partial charge in [-0.3, -0.25) is 0 Å². The largest absolute Gasteiger partial charge is 0.125 e. The Morgan fingerprint density at radius 2 is 2.00 bits per heavy atom. The number of allylic oxidation sites excluding steroid dienone is 1. The first-order valence-corrected chi connectivity index (χ1v) is 5.10. The molecule has 0 N–H and O–H groups in total. The van der Waals surface area contributed by atoms with E-state index in [9.17, 15) is 0 Å². The summed E-state index contributed by atoms with van der Waals surface area (Å²) in [5, 5.41) is 0. The van der Waals surface area contributed by atoms with Crippen LogP contribution in [0.4, 0.5) is 0 Å². The fraction of sp³-hybridized carbons (Fsp3) is 0.429. The summed E-state index contributed by atoms with van der Waals surface area (Å²) in [4.78, 5) is 3.07. The normalized spacial score (nSPS) is 24.9. The van der Waals surface area contributed by atoms with E-state index in [-0.39, 0.29) is 0 Å². The predicted octanol–water partition coefficient (Wildman–Crippen LogP) is 2.64. The number of thioether (sulfide) groups is 2. The van der Waals surface area contributed by atoms with Crippen LogP contribution in [0.2, 0.25) is 0 Å². The number of fused-ring (bicyclic) bond motifs is 1. The topological polar surface area (TPSA) is 0 Å². The van der Waals surface area contributed by atoms with Crippen molar-refractivity contribution in [1.82, 2.24) is 0 Å². The lowest BCUT2D eigenvalue weighted by Gasteiger charge is -2.08. The highest BCUT2D eigenvalue weighted by Gasteiger charge is 2.14. The Morgan fingerprint density at radius 1 is 1.11 bits per heavy atom. The summed E-state index contributed by atoms with van der Waals surface area (Å²) in [5.74, 6) is 2.49. The number of rotatable bonds is 0. The zero-order valence-corrected chi connectivity index (χ0v) is 6.73. The van der Waals surface area contributed by atoms with Crippen molar-refractivity contribution in [2.24, 2.45) is 0 Å². The van der Waals surface area contributed by atoms with Crippen LogP contribution in [-0.4, -0.2) is 11.5 Å². The van der Waals surface area contributed by atoms with E-state index in [0.717, 1.165) is 0 Å². The van der Waals surface area contributed by atoms with Crippen LogP contribution in [0.5, 0.6) is 0 Å². The molecule has 0 radical (unpaired) electrons. The lowest BCUT2D eigenvalue weighted by atomic mass is 10.4. The van der Waals surface area contributed by atoms with E-state index in [0.29, 0.717) is 0 Å². The maximum atomic E-state index is 2.36. The zero-order chi connectivity index (χ0) is 6.10. The molecular formula is C7H8S2. The van der Waals surface area contributed by atoms with Gasteiger partial charge < -0.3 is 0 Å². The van der Waals surface area contributed by atoms with Gasteiger partial charge in [-0.15, -0.1) is 23.5 Å². The van der Waals surface area contributed by atoms with Gasteiger partial charge in [0, 0.05) is 21.3 Å². The van der Waals surface area contributed by atoms with Crippen LogP contribution in [0.15, 0.2) is 22.0 Å². The minimum atomic E-state index is 1.20. The van der Waals surface area contributed by atoms with Crippen molar-refractivity contribution in [1.29, 1.82) is 0 Å². The molecule has 0 saturated heterocycles. The highest BCUT2D eigenvalue weighted by molar-refractivity contribution is 8.09. The first-order chi connectivity index (χ1) is 4.47. The van der Waals surface area contributed by atoms with Crippen molar-refractivity contribution >= 4 is 23.5 Å². The molecule has 2 aliphatic rings. The van der Waals surface area contributed by atoms with Crippen LogP contribution >= 0.6 is 23.5 Å². The van der Waals surface area contributed by atoms with Crippen molar-refractivity contribution in [3.05, 3.63) is 22.0 Å². The number of hydrogen-bond acceptors (Lipinski definition) is 2. The average Bonchev–Trinajstić information content (AvgIpc) is 2.33. The molecule has 9 heavy (non-hydrogen) atoms. The van der Waals surface area contributed by atoms with Gasteiger partial charge in [0.05, 0.1) is 0 Å². The quantitative estimate of drug-likeness (QED) is 0.529. The first-order valence-electron chi connectivity index (χ1n) is 3.13. The third-order valence-corrected chi connectivity index (χ3v) is 3.75. The van der Waals surface area contributed by atoms with Crippen LogP contribution in [0.1, 0.15) is 6.42 Å². The van der Waals surface area contributed by atoms with E-state index in [1.807, 2.05) is 23.5 Å². The number of hydrogen-bond donors (Lipinski definition) is 0. The smallest absolute Gasteiger partial charge is 0.0175 e. The van der Waals surface area contributed by atoms with Crippen molar-refractivity contribution in [3.8, 4) is 0 Å². The van der Waals surface area contributed by atoms with Crippen molar-refractivity contribution in [3.63, 3.8) is 0 Å². The third kappa shape index (κ3) is 1.06. The molecule has 0 aliphatic carbocycles. The van der Waals surface area contributed by atoms with Crippen LogP contribution in [0.3, 0.4) is 0 Å². The molecule has 0 aromatic heterocycles. The lowest BCUT2D eigenvalue weighted by Crippen LogP contribution is -1.86. The zero-order valence-electron chi connectivity index (χ0n) is 5.09. The van der Waals surface area contributed by atoms with E-state index in [1.54, 1.807) is 0 Å². The van der Waals surface area contributed by atoms with Gasteiger partial charge in [-0.2, -0.15) is 0 Å². The SMILES string of the molecule is C1=C2SCC=C2SCC1. The Morgan fingerprint density at radius 3 is 2.89 bits per heavy atom. The molecule has 0 bridgehead atoms. The van der Waals surface area contributed by atoms with Gasteiger partial charge in [-0.25, -0.2) is 0 Å². The second-order valence-electron chi connectivity index (χ2n) is 2.08. The Hall–Kier alpha value is 0.180. The van der Waals surface area contributed by atoms with Gasteiger partial charge in [-0.1, -0.05) is 12.2 Å². The van der Waals surface area contributed by atoms with Gasteiger partial charge in [0.25, 0.3) is 0 Å². The molecule has 0 fully saturated rings. The van der Waals surface area contributed by atoms with E-state index in [2.05, 4.69) is 12.2 Å². The van der Waals surface area contributed by atoms with E-state index in [4.69, 9.17) is 0 Å². The summed E-state index contributed by atoms with van der Waals surface area (Å²) in [5.41, 5.74) is 0. The molecule has 0 atom stereocenters. The van der Waals surface area contributed by atoms with Crippen molar-refractivity contribution < 1.29 is 0 Å². The van der Waals surface area contributed by atoms with Gasteiger partial charge in [-0.05, 0) is 6.42 Å². The Bertz CT molecular complexity index is 179. The molecule has 0 spiro atoms. The molecule has 48 valence electrons. The van der Waals surface area contributed by atoms with Gasteiger partial charge in [0.15, 0.2) is 0 Å². The highest BCUT2D eigenvalue weighted by Crippen LogP contribution is 2.41. The van der Waals surface area contributed by atoms with Crippen LogP contribution < -0.4 is 0 Å². The standard InChI is InChI=1S/C7H8S2/c1-2-6-7(8-4-1)3-5-9-6/h2-3H,1,4-5H2. The maximum absolute atomic E-state index is 2.36. The Labute approximate surface area is 63.8 Å². The van der Waals surface area contributed by atoms with Crippen molar-refractivity contribution in [2.75, 3.05) is 11.5 Å². The minimum absolute atomic E-state index is 1.20. The fourth-order valence-corrected chi connectivity index (χ4v) is 3.26. The predicted molar refractivity (Wildman–Crippen MR) is 45.7 cm³/mol. The van der Waals surface area contributed by atoms with Crippen LogP contribution in [0, 0.1) is 0 Å². The molecule has 0 amide bonds. The summed E-state index contributed by atoms with van der Waals surface area (Å²) in [6.45, 7) is 0. The summed E-state index contributed by atoms with van der Waals surface area (Å²) in [6.07, 6.45) is 5.96. The molecule has 0 saturated carbocycles. The molecule has 0 aromatic rings. The molecule has 2 heterocycles. The second-order valence-corrected chi connectivity index (χ2v) is 4.28. The molecule has 2 rings (SSSR count). The monoisotopic (exact) mass is 156 g/mol. The summed E-state index contributed by atoms with van der Waals surface area (Å²) in [6, 6.07) is 0. The molecule has 0 aromatic carbocycles. The van der Waals surface area contributed by atoms with Crippen LogP contribution in [-0.2, 0) is 0 Å². The Kier molecular flexibility index (Phi) is 1.60. The van der Waals surface area contributed by atoms with Crippen LogP contribution in [0.25, 0.3) is 0 Å². The first kappa shape index (κ1) is 5.93. The van der Waals surface area contributed by atoms with Gasteiger partial charge in [0.1, 0.15) is 0 Å². The van der Waals surface area contributed by atoms with Gasteiger partial charge >= 0.3 is 0 Å². The molecule has 2 heteroatoms. The lowest BCUT2D eigenvalue weighted by molar-refractivity contribution is 1.23. The maximum Gasteiger partial charge on any atom is 0.0175 e. The third-order valence-electron chi connectivity index (χ3n) is 1.46. The molecule has 0 unspecified atom stereocenters. The second kappa shape index (κ2) is 2.43. The van der Waals surface area contributed by atoms with Crippen molar-refractivity contribution in [2.45, 2.75) is 6.42 Å². The summed E-state index contributed by atoms with van der Waals surface area (Å²) in [7, 11) is 0. The van der Waals surface area contributed by atoms with E-state index < -0.39 is 0 Å². The Balaban J connectivity index is 2.30. The minimum Gasteiger partial charge on any atom is -0.125 e. The molecular weight excluding hydrogens is 148 g/mol. The summed E-state index contributed by atoms with van der Waals surface area (Å²) >= 11 is 3.98. The fourth-order valence-electron chi connectivity index (χ4n) is 1.03. The molecule has 0 nitrogen and oxygen atoms in total. The van der Waals surface area contributed by atoms with E-state index >= 15 is 0 Å².